The average molecular weight is 1000 g/mol. The van der Waals surface area contributed by atoms with E-state index in [1.54, 1.807) is 6.92 Å². The first-order chi connectivity index (χ1) is 33.5. The smallest absolute Gasteiger partial charge is 0.326 e. The minimum Gasteiger partial charge on any atom is -0.508 e. The number of aliphatic carboxylic acids is 2. The molecule has 0 fully saturated rings. The number of phenolic OH excluding ortho intramolecular Hbond substituents is 1. The monoisotopic (exact) mass is 1000 g/mol. The third-order valence-electron chi connectivity index (χ3n) is 11.1. The Morgan fingerprint density at radius 3 is 1.80 bits per heavy atom. The van der Waals surface area contributed by atoms with Crippen LogP contribution in [0.4, 0.5) is 4.79 Å². The summed E-state index contributed by atoms with van der Waals surface area (Å²) < 4.78 is 0. The molecule has 26 nitrogen and oxygen atoms in total. The van der Waals surface area contributed by atoms with Gasteiger partial charge in [-0.2, -0.15) is 0 Å². The number of H-pyrrole nitrogens is 1. The fourth-order valence-corrected chi connectivity index (χ4v) is 6.93. The van der Waals surface area contributed by atoms with Crippen molar-refractivity contribution in [2.75, 3.05) is 19.6 Å². The Labute approximate surface area is 410 Å². The number of benzene rings is 1. The van der Waals surface area contributed by atoms with Crippen LogP contribution in [0.5, 0.6) is 5.75 Å². The second-order valence-electron chi connectivity index (χ2n) is 17.5. The summed E-state index contributed by atoms with van der Waals surface area (Å²) >= 11 is 0. The maximum Gasteiger partial charge on any atom is 0.326 e. The predicted octanol–water partition coefficient (Wildman–Crippen LogP) is -2.52. The Balaban J connectivity index is 2.40. The van der Waals surface area contributed by atoms with Gasteiger partial charge >= 0.3 is 18.0 Å². The highest BCUT2D eigenvalue weighted by atomic mass is 16.4. The number of primary amides is 1. The highest BCUT2D eigenvalue weighted by Gasteiger charge is 2.34. The van der Waals surface area contributed by atoms with Crippen molar-refractivity contribution in [1.82, 2.24) is 52.5 Å². The van der Waals surface area contributed by atoms with E-state index in [0.29, 0.717) is 30.5 Å². The van der Waals surface area contributed by atoms with Crippen molar-refractivity contribution in [3.8, 4) is 5.75 Å². The van der Waals surface area contributed by atoms with Crippen molar-refractivity contribution in [3.05, 3.63) is 48.0 Å². The molecule has 1 aromatic carbocycles. The van der Waals surface area contributed by atoms with Crippen LogP contribution >= 0.6 is 0 Å². The number of carboxylic acids is 2. The van der Waals surface area contributed by atoms with Crippen molar-refractivity contribution in [3.63, 3.8) is 0 Å². The second kappa shape index (κ2) is 31.0. The molecule has 0 spiro atoms. The highest BCUT2D eigenvalue weighted by Crippen LogP contribution is 2.14. The van der Waals surface area contributed by atoms with Gasteiger partial charge in [0.1, 0.15) is 42.0 Å². The van der Waals surface area contributed by atoms with Gasteiger partial charge < -0.3 is 80.0 Å². The number of urea groups is 1. The Morgan fingerprint density at radius 2 is 1.24 bits per heavy atom. The lowest BCUT2D eigenvalue weighted by Crippen LogP contribution is -2.60. The molecular weight excluding hydrogens is 931 g/mol. The summed E-state index contributed by atoms with van der Waals surface area (Å²) in [5.74, 6) is -9.58. The summed E-state index contributed by atoms with van der Waals surface area (Å²) in [6, 6.07) is -5.23. The van der Waals surface area contributed by atoms with Crippen molar-refractivity contribution in [1.29, 1.82) is 0 Å². The number of phenols is 1. The molecule has 2 rings (SSSR count). The topological polar surface area (TPSA) is 434 Å². The van der Waals surface area contributed by atoms with Crippen LogP contribution in [0.3, 0.4) is 0 Å². The predicted molar refractivity (Wildman–Crippen MR) is 255 cm³/mol. The molecule has 0 aliphatic carbocycles. The lowest BCUT2D eigenvalue weighted by atomic mass is 9.97. The van der Waals surface area contributed by atoms with E-state index in [9.17, 15) is 63.3 Å². The quantitative estimate of drug-likeness (QED) is 0.0328. The number of aromatic hydroxyl groups is 1. The fraction of sp³-hybridized carbons (Fsp3) is 0.578. The Kier molecular flexibility index (Phi) is 26.1. The van der Waals surface area contributed by atoms with Crippen LogP contribution in [0, 0.1) is 11.8 Å². The molecule has 0 aliphatic heterocycles. The molecule has 8 atom stereocenters. The first-order valence-electron chi connectivity index (χ1n) is 23.3. The molecule has 0 saturated heterocycles. The maximum absolute atomic E-state index is 14.1. The van der Waals surface area contributed by atoms with E-state index >= 15 is 0 Å². The van der Waals surface area contributed by atoms with Gasteiger partial charge in [0.25, 0.3) is 0 Å². The van der Waals surface area contributed by atoms with Gasteiger partial charge in [-0.1, -0.05) is 46.2 Å². The van der Waals surface area contributed by atoms with Gasteiger partial charge in [0, 0.05) is 31.3 Å². The van der Waals surface area contributed by atoms with Gasteiger partial charge in [-0.25, -0.2) is 14.6 Å². The number of carbonyl (C=O) groups is 10. The van der Waals surface area contributed by atoms with Gasteiger partial charge in [-0.15, -0.1) is 0 Å². The molecule has 1 aromatic heterocycles. The van der Waals surface area contributed by atoms with Crippen molar-refractivity contribution in [2.45, 2.75) is 134 Å². The molecule has 26 heteroatoms. The zero-order chi connectivity index (χ0) is 53.2. The van der Waals surface area contributed by atoms with E-state index < -0.39 is 115 Å². The van der Waals surface area contributed by atoms with Crippen LogP contribution in [0.25, 0.3) is 0 Å². The van der Waals surface area contributed by atoms with Crippen LogP contribution in [-0.4, -0.2) is 147 Å². The number of hydrogen-bond acceptors (Lipinski definition) is 14. The molecule has 18 N–H and O–H groups in total. The third-order valence-corrected chi connectivity index (χ3v) is 11.1. The van der Waals surface area contributed by atoms with Crippen LogP contribution in [0.1, 0.15) is 90.3 Å². The van der Waals surface area contributed by atoms with Crippen molar-refractivity contribution in [2.24, 2.45) is 29.0 Å². The summed E-state index contributed by atoms with van der Waals surface area (Å²) in [5, 5.41) is 49.0. The third kappa shape index (κ3) is 22.7. The molecule has 71 heavy (non-hydrogen) atoms. The number of aromatic amines is 1. The molecule has 9 amide bonds. The summed E-state index contributed by atoms with van der Waals surface area (Å²) in [4.78, 5) is 138. The normalized spacial score (nSPS) is 14.4. The summed E-state index contributed by atoms with van der Waals surface area (Å²) in [6.45, 7) is 6.85. The minimum absolute atomic E-state index is 0.00463. The number of carbonyl (C=O) groups excluding carboxylic acids is 8. The van der Waals surface area contributed by atoms with Gasteiger partial charge in [-0.05, 0) is 74.6 Å². The Hall–Kier alpha value is -7.35. The summed E-state index contributed by atoms with van der Waals surface area (Å²) in [7, 11) is 0. The average Bonchev–Trinajstić information content (AvgIpc) is 3.83. The van der Waals surface area contributed by atoms with E-state index in [4.69, 9.17) is 17.2 Å². The molecule has 0 aliphatic rings. The van der Waals surface area contributed by atoms with E-state index in [1.807, 2.05) is 20.8 Å². The minimum atomic E-state index is -1.91. The van der Waals surface area contributed by atoms with Crippen LogP contribution in [-0.2, 0) is 56.0 Å². The lowest BCUT2D eigenvalue weighted by molar-refractivity contribution is -0.143. The number of imidazole rings is 1. The van der Waals surface area contributed by atoms with Crippen molar-refractivity contribution < 1.29 is 63.3 Å². The Morgan fingerprint density at radius 1 is 0.676 bits per heavy atom. The number of nitrogens with one attached hydrogen (secondary N) is 9. The van der Waals surface area contributed by atoms with E-state index in [-0.39, 0.29) is 69.2 Å². The largest absolute Gasteiger partial charge is 0.508 e. The molecule has 0 radical (unpaired) electrons. The maximum atomic E-state index is 14.1. The van der Waals surface area contributed by atoms with Crippen LogP contribution in [0.15, 0.2) is 36.8 Å². The first kappa shape index (κ1) is 59.8. The molecule has 2 aromatic rings. The number of hydrogen-bond donors (Lipinski definition) is 15. The van der Waals surface area contributed by atoms with Crippen LogP contribution in [0.2, 0.25) is 0 Å². The summed E-state index contributed by atoms with van der Waals surface area (Å²) in [5.41, 5.74) is 17.6. The van der Waals surface area contributed by atoms with E-state index in [2.05, 4.69) is 52.5 Å². The standard InChI is InChI=1S/C45H71N13O13/c1-5-25(4)37(47)43(68)58-31(17-24(2)3)38(63)51-22-35(60)53-33(19-27-21-49-23-52-27)41(66)54-29(10-8-16-50-45(48)71)39(64)57-34(20-36(61)62)42(67)56-32(18-26-11-13-28(59)14-12-26)40(65)55-30(44(69)70)9-6-7-15-46/h11-14,21,23-25,29-34,37,59H,5-10,15-20,22,46-47H2,1-4H3,(H,49,52)(H,51,63)(H,53,60)(H,54,66)(H,55,65)(H,56,67)(H,57,64)(H,58,68)(H,61,62)(H,69,70)(H3,48,50,71)/t25-,29+,30+,31+,32+,33+,34+,37+/m0/s1. The van der Waals surface area contributed by atoms with Gasteiger partial charge in [0.2, 0.25) is 41.4 Å². The molecule has 394 valence electrons. The van der Waals surface area contributed by atoms with Gasteiger partial charge in [0.15, 0.2) is 0 Å². The second-order valence-corrected chi connectivity index (χ2v) is 17.5. The van der Waals surface area contributed by atoms with Gasteiger partial charge in [0.05, 0.1) is 25.3 Å². The molecule has 0 bridgehead atoms. The number of nitrogens with two attached hydrogens (primary N) is 3. The molecule has 0 unspecified atom stereocenters. The fourth-order valence-electron chi connectivity index (χ4n) is 6.93. The van der Waals surface area contributed by atoms with E-state index in [1.165, 1.54) is 36.8 Å². The number of unbranched alkanes of at least 4 members (excludes halogenated alkanes) is 1. The van der Waals surface area contributed by atoms with E-state index in [0.717, 1.165) is 0 Å². The van der Waals surface area contributed by atoms with Crippen LogP contribution < -0.4 is 59.7 Å². The molecular formula is C45H71N13O13. The number of amides is 9. The number of nitrogens with zero attached hydrogens (tertiary/aromatic N) is 1. The highest BCUT2D eigenvalue weighted by molar-refractivity contribution is 5.98. The summed E-state index contributed by atoms with van der Waals surface area (Å²) in [6.07, 6.45) is 2.50. The molecule has 0 saturated carbocycles. The zero-order valence-corrected chi connectivity index (χ0v) is 40.5. The molecule has 1 heterocycles. The zero-order valence-electron chi connectivity index (χ0n) is 40.5. The van der Waals surface area contributed by atoms with Gasteiger partial charge in [-0.3, -0.25) is 38.4 Å². The number of rotatable bonds is 33. The first-order valence-corrected chi connectivity index (χ1v) is 23.3. The lowest BCUT2D eigenvalue weighted by Gasteiger charge is -2.27. The SMILES string of the molecule is CC[C@H](C)[C@@H](N)C(=O)N[C@H](CC(C)C)C(=O)NCC(=O)N[C@H](Cc1cnc[nH]1)C(=O)N[C@H](CCCNC(N)=O)C(=O)N[C@H](CC(=O)O)C(=O)N[C@H](Cc1ccc(O)cc1)C(=O)N[C@H](CCCCN)C(=O)O. The van der Waals surface area contributed by atoms with Crippen molar-refractivity contribution >= 4 is 59.3 Å². The Bertz CT molecular complexity index is 2090. The number of aromatic nitrogens is 2. The number of carboxylic acid groups (broad SMARTS) is 2.